The lowest BCUT2D eigenvalue weighted by atomic mass is 10.1. The van der Waals surface area contributed by atoms with Crippen LogP contribution in [0, 0.1) is 0 Å². The van der Waals surface area contributed by atoms with Crippen LogP contribution in [0.15, 0.2) is 47.4 Å². The summed E-state index contributed by atoms with van der Waals surface area (Å²) in [6, 6.07) is 11.0. The first-order chi connectivity index (χ1) is 11.5. The fourth-order valence-electron chi connectivity index (χ4n) is 2.37. The predicted molar refractivity (Wildman–Crippen MR) is 95.3 cm³/mol. The summed E-state index contributed by atoms with van der Waals surface area (Å²) in [5, 5.41) is 3.24. The Morgan fingerprint density at radius 3 is 2.58 bits per heavy atom. The molecular formula is C17H18N4O2S. The van der Waals surface area contributed by atoms with Gasteiger partial charge in [0.1, 0.15) is 4.83 Å². The van der Waals surface area contributed by atoms with Crippen molar-refractivity contribution in [3.8, 4) is 0 Å². The molecule has 0 saturated carbocycles. The number of nitrogens with zero attached hydrogens (tertiary/aromatic N) is 3. The van der Waals surface area contributed by atoms with Crippen molar-refractivity contribution in [2.45, 2.75) is 13.1 Å². The molecule has 2 heterocycles. The number of pyridine rings is 1. The van der Waals surface area contributed by atoms with Crippen LogP contribution in [-0.2, 0) is 13.1 Å². The number of aromatic nitrogens is 2. The van der Waals surface area contributed by atoms with Gasteiger partial charge in [0, 0.05) is 19.3 Å². The van der Waals surface area contributed by atoms with Gasteiger partial charge in [-0.2, -0.15) is 3.96 Å². The fraction of sp³-hybridized carbons (Fsp3) is 0.235. The third kappa shape index (κ3) is 3.52. The molecule has 0 radical (unpaired) electrons. The summed E-state index contributed by atoms with van der Waals surface area (Å²) in [5.74, 6) is 0. The van der Waals surface area contributed by atoms with Crippen molar-refractivity contribution >= 4 is 27.8 Å². The average molecular weight is 342 g/mol. The fourth-order valence-corrected chi connectivity index (χ4v) is 3.24. The van der Waals surface area contributed by atoms with Gasteiger partial charge in [0.05, 0.1) is 5.39 Å². The van der Waals surface area contributed by atoms with E-state index in [1.807, 2.05) is 38.4 Å². The number of fused-ring (bicyclic) bond motifs is 1. The van der Waals surface area contributed by atoms with E-state index < -0.39 is 6.03 Å². The van der Waals surface area contributed by atoms with Crippen molar-refractivity contribution in [2.24, 2.45) is 0 Å². The van der Waals surface area contributed by atoms with E-state index in [1.165, 1.54) is 5.56 Å². The van der Waals surface area contributed by atoms with Crippen LogP contribution in [0.5, 0.6) is 0 Å². The van der Waals surface area contributed by atoms with E-state index in [0.717, 1.165) is 27.6 Å². The Morgan fingerprint density at radius 1 is 1.21 bits per heavy atom. The molecule has 24 heavy (non-hydrogen) atoms. The Kier molecular flexibility index (Phi) is 4.73. The molecule has 1 amide bonds. The lowest BCUT2D eigenvalue weighted by molar-refractivity contribution is 0.243. The Bertz CT molecular complexity index is 912. The van der Waals surface area contributed by atoms with Crippen LogP contribution < -0.4 is 10.9 Å². The largest absolute Gasteiger partial charge is 0.338 e. The van der Waals surface area contributed by atoms with Gasteiger partial charge in [0.15, 0.2) is 0 Å². The van der Waals surface area contributed by atoms with E-state index in [2.05, 4.69) is 15.2 Å². The van der Waals surface area contributed by atoms with Gasteiger partial charge in [-0.3, -0.25) is 4.79 Å². The number of benzene rings is 1. The molecule has 0 spiro atoms. The molecule has 3 aromatic rings. The molecule has 0 bridgehead atoms. The highest BCUT2D eigenvalue weighted by Crippen LogP contribution is 2.12. The number of nitrogens with one attached hydrogen (secondary N) is 1. The molecule has 1 N–H and O–H groups in total. The van der Waals surface area contributed by atoms with Crippen molar-refractivity contribution in [1.29, 1.82) is 0 Å². The summed E-state index contributed by atoms with van der Waals surface area (Å²) in [6.45, 7) is 1.24. The van der Waals surface area contributed by atoms with Crippen molar-refractivity contribution in [1.82, 2.24) is 19.2 Å². The smallest absolute Gasteiger partial charge is 0.333 e. The molecule has 0 fully saturated rings. The molecule has 0 aliphatic carbocycles. The van der Waals surface area contributed by atoms with Crippen LogP contribution >= 0.6 is 11.5 Å². The lowest BCUT2D eigenvalue weighted by Gasteiger charge is -2.10. The van der Waals surface area contributed by atoms with Gasteiger partial charge in [0.25, 0.3) is 5.56 Å². The molecule has 0 saturated heterocycles. The van der Waals surface area contributed by atoms with Crippen LogP contribution in [0.2, 0.25) is 0 Å². The second-order valence-corrected chi connectivity index (χ2v) is 6.69. The van der Waals surface area contributed by atoms with Crippen LogP contribution in [0.1, 0.15) is 11.1 Å². The number of carbonyl (C=O) groups excluding carboxylic acids is 1. The predicted octanol–water partition coefficient (Wildman–Crippen LogP) is 2.28. The van der Waals surface area contributed by atoms with Gasteiger partial charge in [-0.15, -0.1) is 0 Å². The Balaban J connectivity index is 1.68. The molecule has 6 nitrogen and oxygen atoms in total. The zero-order valence-corrected chi connectivity index (χ0v) is 14.3. The maximum atomic E-state index is 12.2. The highest BCUT2D eigenvalue weighted by molar-refractivity contribution is 7.14. The summed E-state index contributed by atoms with van der Waals surface area (Å²) >= 11 is 1.05. The molecular weight excluding hydrogens is 324 g/mol. The van der Waals surface area contributed by atoms with E-state index in [4.69, 9.17) is 0 Å². The van der Waals surface area contributed by atoms with E-state index in [0.29, 0.717) is 16.8 Å². The molecule has 7 heteroatoms. The second-order valence-electron chi connectivity index (χ2n) is 5.76. The number of carbonyl (C=O) groups is 1. The minimum absolute atomic E-state index is 0.332. The van der Waals surface area contributed by atoms with Gasteiger partial charge in [-0.1, -0.05) is 24.3 Å². The van der Waals surface area contributed by atoms with Gasteiger partial charge in [-0.05, 0) is 48.9 Å². The first kappa shape index (κ1) is 16.4. The molecule has 124 valence electrons. The number of hydrogen-bond acceptors (Lipinski definition) is 5. The second kappa shape index (κ2) is 6.94. The normalized spacial score (nSPS) is 11.1. The molecule has 3 rings (SSSR count). The third-order valence-corrected chi connectivity index (χ3v) is 4.53. The maximum Gasteiger partial charge on any atom is 0.338 e. The molecule has 0 aliphatic rings. The Morgan fingerprint density at radius 2 is 1.92 bits per heavy atom. The standard InChI is InChI=1S/C17H18N4O2S/c1-20(2)11-13-7-5-12(6-8-13)10-19-17(23)21-16(22)14-4-3-9-18-15(14)24-21/h3-9H,10-11H2,1-2H3,(H,19,23). The maximum absolute atomic E-state index is 12.2. The number of amides is 1. The van der Waals surface area contributed by atoms with E-state index in [9.17, 15) is 9.59 Å². The third-order valence-electron chi connectivity index (χ3n) is 3.51. The van der Waals surface area contributed by atoms with Crippen molar-refractivity contribution in [3.05, 3.63) is 64.1 Å². The highest BCUT2D eigenvalue weighted by Gasteiger charge is 2.13. The Hall–Kier alpha value is -2.51. The van der Waals surface area contributed by atoms with Crippen LogP contribution in [0.3, 0.4) is 0 Å². The van der Waals surface area contributed by atoms with Crippen molar-refractivity contribution in [3.63, 3.8) is 0 Å². The van der Waals surface area contributed by atoms with E-state index in [1.54, 1.807) is 18.3 Å². The zero-order valence-electron chi connectivity index (χ0n) is 13.5. The quantitative estimate of drug-likeness (QED) is 0.790. The topological polar surface area (TPSA) is 67.2 Å². The summed E-state index contributed by atoms with van der Waals surface area (Å²) < 4.78 is 1.11. The first-order valence-corrected chi connectivity index (χ1v) is 8.30. The van der Waals surface area contributed by atoms with Crippen molar-refractivity contribution < 1.29 is 4.79 Å². The van der Waals surface area contributed by atoms with Crippen molar-refractivity contribution in [2.75, 3.05) is 14.1 Å². The zero-order chi connectivity index (χ0) is 17.1. The van der Waals surface area contributed by atoms with Crippen LogP contribution in [0.4, 0.5) is 4.79 Å². The van der Waals surface area contributed by atoms with Gasteiger partial charge < -0.3 is 10.2 Å². The monoisotopic (exact) mass is 342 g/mol. The molecule has 0 aliphatic heterocycles. The van der Waals surface area contributed by atoms with Gasteiger partial charge in [0.2, 0.25) is 0 Å². The van der Waals surface area contributed by atoms with E-state index >= 15 is 0 Å². The summed E-state index contributed by atoms with van der Waals surface area (Å²) in [5.41, 5.74) is 1.86. The minimum Gasteiger partial charge on any atom is -0.333 e. The van der Waals surface area contributed by atoms with Gasteiger partial charge in [-0.25, -0.2) is 9.78 Å². The molecule has 2 aromatic heterocycles. The van der Waals surface area contributed by atoms with Crippen LogP contribution in [0.25, 0.3) is 10.2 Å². The summed E-state index contributed by atoms with van der Waals surface area (Å²) in [4.78, 5) is 31.2. The summed E-state index contributed by atoms with van der Waals surface area (Å²) in [6.07, 6.45) is 1.61. The SMILES string of the molecule is CN(C)Cc1ccc(CNC(=O)n2sc3ncccc3c2=O)cc1. The number of rotatable bonds is 4. The minimum atomic E-state index is -0.430. The molecule has 0 unspecified atom stereocenters. The van der Waals surface area contributed by atoms with E-state index in [-0.39, 0.29) is 5.56 Å². The molecule has 1 aromatic carbocycles. The number of hydrogen-bond donors (Lipinski definition) is 1. The first-order valence-electron chi connectivity index (χ1n) is 7.52. The molecule has 0 atom stereocenters. The lowest BCUT2D eigenvalue weighted by Crippen LogP contribution is -2.32. The highest BCUT2D eigenvalue weighted by atomic mass is 32.1. The van der Waals surface area contributed by atoms with Crippen LogP contribution in [-0.4, -0.2) is 34.0 Å². The summed E-state index contributed by atoms with van der Waals surface area (Å²) in [7, 11) is 4.04. The Labute approximate surface area is 143 Å². The van der Waals surface area contributed by atoms with Gasteiger partial charge >= 0.3 is 6.03 Å². The average Bonchev–Trinajstić information content (AvgIpc) is 2.91.